The van der Waals surface area contributed by atoms with Gasteiger partial charge in [-0.25, -0.2) is 0 Å². The lowest BCUT2D eigenvalue weighted by molar-refractivity contribution is -0.114. The Morgan fingerprint density at radius 2 is 1.88 bits per heavy atom. The molecule has 0 aromatic heterocycles. The molecule has 4 nitrogen and oxygen atoms in total. The third-order valence-electron chi connectivity index (χ3n) is 4.02. The van der Waals surface area contributed by atoms with Crippen LogP contribution in [0.2, 0.25) is 10.0 Å². The van der Waals surface area contributed by atoms with Crippen molar-refractivity contribution in [3.05, 3.63) is 57.6 Å². The molecule has 0 atom stereocenters. The first-order valence-corrected chi connectivity index (χ1v) is 8.77. The van der Waals surface area contributed by atoms with E-state index in [1.807, 2.05) is 31.2 Å². The Bertz CT molecular complexity index is 835. The Morgan fingerprint density at radius 3 is 2.64 bits per heavy atom. The summed E-state index contributed by atoms with van der Waals surface area (Å²) in [5.74, 6) is -0.287. The van der Waals surface area contributed by atoms with Crippen molar-refractivity contribution in [2.75, 3.05) is 18.1 Å². The molecule has 2 aromatic rings. The number of ketones is 1. The number of unbranched alkanes of at least 4 members (excludes halogenated alkanes) is 1. The smallest absolute Gasteiger partial charge is 0.299 e. The van der Waals surface area contributed by atoms with Crippen LogP contribution in [-0.2, 0) is 4.79 Å². The minimum atomic E-state index is -0.560. The summed E-state index contributed by atoms with van der Waals surface area (Å²) in [4.78, 5) is 25.7. The molecular formula is C19H17Cl2NO3. The molecule has 6 heteroatoms. The van der Waals surface area contributed by atoms with Gasteiger partial charge in [-0.3, -0.25) is 9.59 Å². The highest BCUT2D eigenvalue weighted by molar-refractivity contribution is 6.54. The lowest BCUT2D eigenvalue weighted by Crippen LogP contribution is -2.31. The van der Waals surface area contributed by atoms with Gasteiger partial charge in [0.25, 0.3) is 11.7 Å². The maximum atomic E-state index is 12.2. The SMILES string of the molecule is Cc1cccc(OCCCCN2C(=O)C(=O)c3cc(Cl)cc(Cl)c32)c1. The zero-order valence-corrected chi connectivity index (χ0v) is 15.2. The molecule has 0 saturated carbocycles. The third-order valence-corrected chi connectivity index (χ3v) is 4.52. The molecule has 25 heavy (non-hydrogen) atoms. The molecule has 0 N–H and O–H groups in total. The van der Waals surface area contributed by atoms with Gasteiger partial charge in [0.15, 0.2) is 0 Å². The number of amides is 1. The van der Waals surface area contributed by atoms with Gasteiger partial charge >= 0.3 is 0 Å². The number of aryl methyl sites for hydroxylation is 1. The lowest BCUT2D eigenvalue weighted by Gasteiger charge is -2.17. The molecule has 0 unspecified atom stereocenters. The molecule has 0 radical (unpaired) electrons. The average molecular weight is 378 g/mol. The number of hydrogen-bond acceptors (Lipinski definition) is 3. The maximum Gasteiger partial charge on any atom is 0.299 e. The van der Waals surface area contributed by atoms with E-state index in [2.05, 4.69) is 0 Å². The summed E-state index contributed by atoms with van der Waals surface area (Å²) < 4.78 is 5.69. The molecular weight excluding hydrogens is 361 g/mol. The second-order valence-electron chi connectivity index (χ2n) is 5.94. The van der Waals surface area contributed by atoms with E-state index in [1.165, 1.54) is 11.0 Å². The molecule has 0 spiro atoms. The highest BCUT2D eigenvalue weighted by Crippen LogP contribution is 2.38. The minimum Gasteiger partial charge on any atom is -0.494 e. The summed E-state index contributed by atoms with van der Waals surface area (Å²) in [5.41, 5.74) is 1.88. The van der Waals surface area contributed by atoms with Gasteiger partial charge in [0.05, 0.1) is 22.9 Å². The molecule has 130 valence electrons. The molecule has 0 fully saturated rings. The summed E-state index contributed by atoms with van der Waals surface area (Å²) in [6.07, 6.45) is 1.45. The van der Waals surface area contributed by atoms with E-state index in [9.17, 15) is 9.59 Å². The van der Waals surface area contributed by atoms with Gasteiger partial charge in [0, 0.05) is 11.6 Å². The number of hydrogen-bond donors (Lipinski definition) is 0. The average Bonchev–Trinajstić information content (AvgIpc) is 2.80. The summed E-state index contributed by atoms with van der Waals surface area (Å²) in [6, 6.07) is 10.9. The molecule has 2 aromatic carbocycles. The Hall–Kier alpha value is -2.04. The van der Waals surface area contributed by atoms with Crippen molar-refractivity contribution in [1.29, 1.82) is 0 Å². The van der Waals surface area contributed by atoms with Crippen LogP contribution >= 0.6 is 23.2 Å². The van der Waals surface area contributed by atoms with E-state index in [0.29, 0.717) is 35.3 Å². The number of Topliss-reactive ketones (excluding diaryl/α,β-unsaturated/α-hetero) is 1. The van der Waals surface area contributed by atoms with Crippen molar-refractivity contribution in [3.8, 4) is 5.75 Å². The monoisotopic (exact) mass is 377 g/mol. The van der Waals surface area contributed by atoms with Gasteiger partial charge < -0.3 is 9.64 Å². The molecule has 1 aliphatic heterocycles. The topological polar surface area (TPSA) is 46.6 Å². The van der Waals surface area contributed by atoms with Gasteiger partial charge in [-0.05, 0) is 49.6 Å². The Morgan fingerprint density at radius 1 is 1.08 bits per heavy atom. The highest BCUT2D eigenvalue weighted by Gasteiger charge is 2.37. The molecule has 3 rings (SSSR count). The van der Waals surface area contributed by atoms with Crippen molar-refractivity contribution >= 4 is 40.6 Å². The van der Waals surface area contributed by atoms with Crippen LogP contribution in [0.3, 0.4) is 0 Å². The third kappa shape index (κ3) is 3.80. The van der Waals surface area contributed by atoms with Crippen LogP contribution in [0.4, 0.5) is 5.69 Å². The van der Waals surface area contributed by atoms with Crippen LogP contribution in [0, 0.1) is 6.92 Å². The Labute approximate surface area is 156 Å². The number of carbonyl (C=O) groups is 2. The second kappa shape index (κ2) is 7.46. The van der Waals surface area contributed by atoms with E-state index in [0.717, 1.165) is 17.7 Å². The van der Waals surface area contributed by atoms with Crippen LogP contribution in [0.1, 0.15) is 28.8 Å². The summed E-state index contributed by atoms with van der Waals surface area (Å²) in [6.45, 7) is 2.97. The second-order valence-corrected chi connectivity index (χ2v) is 6.79. The lowest BCUT2D eigenvalue weighted by atomic mass is 10.1. The van der Waals surface area contributed by atoms with E-state index >= 15 is 0 Å². The molecule has 1 aliphatic rings. The zero-order valence-electron chi connectivity index (χ0n) is 13.7. The van der Waals surface area contributed by atoms with E-state index < -0.39 is 11.7 Å². The zero-order chi connectivity index (χ0) is 18.0. The summed E-state index contributed by atoms with van der Waals surface area (Å²) >= 11 is 12.1. The van der Waals surface area contributed by atoms with Crippen molar-refractivity contribution in [2.24, 2.45) is 0 Å². The molecule has 1 heterocycles. The van der Waals surface area contributed by atoms with Gasteiger partial charge in [0.1, 0.15) is 5.75 Å². The van der Waals surface area contributed by atoms with Crippen LogP contribution in [0.5, 0.6) is 5.75 Å². The highest BCUT2D eigenvalue weighted by atomic mass is 35.5. The fourth-order valence-corrected chi connectivity index (χ4v) is 3.43. The van der Waals surface area contributed by atoms with Gasteiger partial charge in [-0.15, -0.1) is 0 Å². The van der Waals surface area contributed by atoms with Gasteiger partial charge in [-0.1, -0.05) is 35.3 Å². The first-order chi connectivity index (χ1) is 12.0. The minimum absolute atomic E-state index is 0.276. The number of rotatable bonds is 6. The number of carbonyl (C=O) groups excluding carboxylic acids is 2. The molecule has 0 aliphatic carbocycles. The number of nitrogens with zero attached hydrogens (tertiary/aromatic N) is 1. The summed E-state index contributed by atoms with van der Waals surface area (Å²) in [5, 5.41) is 0.663. The number of anilines is 1. The quantitative estimate of drug-likeness (QED) is 0.541. The number of halogens is 2. The first-order valence-electron chi connectivity index (χ1n) is 8.02. The summed E-state index contributed by atoms with van der Waals surface area (Å²) in [7, 11) is 0. The van der Waals surface area contributed by atoms with Crippen molar-refractivity contribution in [3.63, 3.8) is 0 Å². The largest absolute Gasteiger partial charge is 0.494 e. The number of benzene rings is 2. The van der Waals surface area contributed by atoms with E-state index in [4.69, 9.17) is 27.9 Å². The van der Waals surface area contributed by atoms with Gasteiger partial charge in [0.2, 0.25) is 0 Å². The van der Waals surface area contributed by atoms with Crippen LogP contribution in [-0.4, -0.2) is 24.8 Å². The number of fused-ring (bicyclic) bond motifs is 1. The molecule has 1 amide bonds. The van der Waals surface area contributed by atoms with Crippen molar-refractivity contribution in [2.45, 2.75) is 19.8 Å². The van der Waals surface area contributed by atoms with Crippen LogP contribution in [0.15, 0.2) is 36.4 Å². The predicted molar refractivity (Wildman–Crippen MR) is 99.1 cm³/mol. The Kier molecular flexibility index (Phi) is 5.30. The molecule has 0 bridgehead atoms. The van der Waals surface area contributed by atoms with Gasteiger partial charge in [-0.2, -0.15) is 0 Å². The molecule has 0 saturated heterocycles. The Balaban J connectivity index is 1.57. The van der Waals surface area contributed by atoms with E-state index in [-0.39, 0.29) is 5.56 Å². The maximum absolute atomic E-state index is 12.2. The first kappa shape index (κ1) is 17.8. The van der Waals surface area contributed by atoms with Crippen LogP contribution in [0.25, 0.3) is 0 Å². The normalized spacial score (nSPS) is 13.3. The van der Waals surface area contributed by atoms with E-state index in [1.54, 1.807) is 6.07 Å². The standard InChI is InChI=1S/C19H17Cl2NO3/c1-12-5-4-6-14(9-12)25-8-3-2-7-22-17-15(18(23)19(22)24)10-13(20)11-16(17)21/h4-6,9-11H,2-3,7-8H2,1H3. The van der Waals surface area contributed by atoms with Crippen molar-refractivity contribution in [1.82, 2.24) is 0 Å². The fraction of sp³-hybridized carbons (Fsp3) is 0.263. The fourth-order valence-electron chi connectivity index (χ4n) is 2.83. The predicted octanol–water partition coefficient (Wildman–Crippen LogP) is 4.69. The number of ether oxygens (including phenoxy) is 1. The van der Waals surface area contributed by atoms with Crippen LogP contribution < -0.4 is 9.64 Å². The van der Waals surface area contributed by atoms with Crippen molar-refractivity contribution < 1.29 is 14.3 Å².